The van der Waals surface area contributed by atoms with Gasteiger partial charge in [0, 0.05) is 13.8 Å². The number of fused-ring (bicyclic) bond motifs is 1. The molecule has 2 heterocycles. The lowest BCUT2D eigenvalue weighted by Gasteiger charge is -2.25. The lowest BCUT2D eigenvalue weighted by molar-refractivity contribution is -0.136. The topological polar surface area (TPSA) is 122 Å². The van der Waals surface area contributed by atoms with E-state index < -0.39 is 23.9 Å². The van der Waals surface area contributed by atoms with E-state index in [9.17, 15) is 19.2 Å². The van der Waals surface area contributed by atoms with Gasteiger partial charge in [-0.1, -0.05) is 29.5 Å². The normalized spacial score (nSPS) is 14.9. The summed E-state index contributed by atoms with van der Waals surface area (Å²) in [5.74, 6) is -0.730. The summed E-state index contributed by atoms with van der Waals surface area (Å²) in [4.78, 5) is 54.1. The molecule has 38 heavy (non-hydrogen) atoms. The summed E-state index contributed by atoms with van der Waals surface area (Å²) in [6, 6.07) is 10.6. The number of nitrogens with zero attached hydrogens (tertiary/aromatic N) is 2. The van der Waals surface area contributed by atoms with Crippen LogP contribution in [-0.2, 0) is 19.1 Å². The Morgan fingerprint density at radius 3 is 2.26 bits per heavy atom. The lowest BCUT2D eigenvalue weighted by atomic mass is 9.95. The summed E-state index contributed by atoms with van der Waals surface area (Å²) in [6.45, 7) is 4.26. The molecule has 4 rings (SSSR count). The molecular formula is C27H24N2O8S. The molecule has 0 radical (unpaired) electrons. The third-order valence-corrected chi connectivity index (χ3v) is 6.61. The first-order chi connectivity index (χ1) is 18.1. The van der Waals surface area contributed by atoms with Gasteiger partial charge >= 0.3 is 17.9 Å². The molecule has 2 aromatic carbocycles. The first-order valence-electron chi connectivity index (χ1n) is 11.4. The van der Waals surface area contributed by atoms with E-state index in [1.165, 1.54) is 44.0 Å². The molecule has 3 aromatic rings. The third kappa shape index (κ3) is 5.28. The van der Waals surface area contributed by atoms with Gasteiger partial charge < -0.3 is 18.9 Å². The van der Waals surface area contributed by atoms with E-state index in [1.807, 2.05) is 0 Å². The fraction of sp³-hybridized carbons (Fsp3) is 0.222. The van der Waals surface area contributed by atoms with E-state index in [0.717, 1.165) is 0 Å². The van der Waals surface area contributed by atoms with Crippen LogP contribution in [0.1, 0.15) is 37.9 Å². The number of carbonyl (C=O) groups is 3. The summed E-state index contributed by atoms with van der Waals surface area (Å²) in [5, 5.41) is 0. The number of allylic oxidation sites excluding steroid dienone is 1. The minimum Gasteiger partial charge on any atom is -0.493 e. The molecule has 0 fully saturated rings. The molecule has 0 aliphatic carbocycles. The average Bonchev–Trinajstić information content (AvgIpc) is 3.17. The predicted octanol–water partition coefficient (Wildman–Crippen LogP) is 2.27. The Hall–Kier alpha value is -4.51. The molecular weight excluding hydrogens is 512 g/mol. The van der Waals surface area contributed by atoms with Crippen molar-refractivity contribution in [2.24, 2.45) is 4.99 Å². The van der Waals surface area contributed by atoms with Gasteiger partial charge in [-0.05, 0) is 48.4 Å². The van der Waals surface area contributed by atoms with E-state index in [0.29, 0.717) is 31.9 Å². The zero-order chi connectivity index (χ0) is 27.6. The van der Waals surface area contributed by atoms with Crippen LogP contribution in [0, 0.1) is 0 Å². The van der Waals surface area contributed by atoms with Crippen LogP contribution in [0.4, 0.5) is 0 Å². The molecule has 11 heteroatoms. The van der Waals surface area contributed by atoms with Crippen molar-refractivity contribution < 1.29 is 33.3 Å². The highest BCUT2D eigenvalue weighted by Gasteiger charge is 2.33. The summed E-state index contributed by atoms with van der Waals surface area (Å²) >= 11 is 1.17. The number of ether oxygens (including phenoxy) is 4. The monoisotopic (exact) mass is 536 g/mol. The van der Waals surface area contributed by atoms with Crippen molar-refractivity contribution >= 4 is 35.3 Å². The Labute approximate surface area is 221 Å². The van der Waals surface area contributed by atoms with Crippen molar-refractivity contribution in [1.82, 2.24) is 4.57 Å². The number of hydrogen-bond acceptors (Lipinski definition) is 10. The molecule has 0 N–H and O–H groups in total. The van der Waals surface area contributed by atoms with Crippen LogP contribution in [0.3, 0.4) is 0 Å². The van der Waals surface area contributed by atoms with E-state index >= 15 is 0 Å². The number of aromatic nitrogens is 1. The second kappa shape index (κ2) is 10.9. The van der Waals surface area contributed by atoms with Crippen molar-refractivity contribution in [3.05, 3.63) is 84.5 Å². The summed E-state index contributed by atoms with van der Waals surface area (Å²) < 4.78 is 22.5. The average molecular weight is 537 g/mol. The summed E-state index contributed by atoms with van der Waals surface area (Å²) in [6.07, 6.45) is 1.69. The van der Waals surface area contributed by atoms with Gasteiger partial charge in [0.25, 0.3) is 5.56 Å². The van der Waals surface area contributed by atoms with Gasteiger partial charge in [0.2, 0.25) is 0 Å². The minimum atomic E-state index is -0.868. The Morgan fingerprint density at radius 1 is 0.974 bits per heavy atom. The van der Waals surface area contributed by atoms with E-state index in [4.69, 9.17) is 18.9 Å². The second-order valence-corrected chi connectivity index (χ2v) is 9.25. The van der Waals surface area contributed by atoms with Gasteiger partial charge in [0.15, 0.2) is 16.3 Å². The molecule has 0 bridgehead atoms. The van der Waals surface area contributed by atoms with E-state index in [-0.39, 0.29) is 22.6 Å². The van der Waals surface area contributed by atoms with Crippen LogP contribution >= 0.6 is 11.3 Å². The number of rotatable bonds is 6. The lowest BCUT2D eigenvalue weighted by Crippen LogP contribution is -2.39. The minimum absolute atomic E-state index is 0.194. The van der Waals surface area contributed by atoms with Crippen LogP contribution < -0.4 is 29.1 Å². The van der Waals surface area contributed by atoms with Crippen molar-refractivity contribution in [2.75, 3.05) is 14.2 Å². The number of thiazole rings is 1. The Morgan fingerprint density at radius 2 is 1.66 bits per heavy atom. The number of carbonyl (C=O) groups excluding carboxylic acids is 3. The van der Waals surface area contributed by atoms with Gasteiger partial charge in [-0.25, -0.2) is 9.79 Å². The zero-order valence-corrected chi connectivity index (χ0v) is 22.1. The quantitative estimate of drug-likeness (QED) is 0.347. The van der Waals surface area contributed by atoms with Gasteiger partial charge in [-0.2, -0.15) is 0 Å². The molecule has 0 saturated carbocycles. The molecule has 1 aliphatic heterocycles. The maximum absolute atomic E-state index is 13.7. The van der Waals surface area contributed by atoms with Gasteiger partial charge in [-0.15, -0.1) is 0 Å². The van der Waals surface area contributed by atoms with Crippen molar-refractivity contribution in [3.8, 4) is 17.2 Å². The second-order valence-electron chi connectivity index (χ2n) is 8.24. The van der Waals surface area contributed by atoms with Crippen LogP contribution in [0.25, 0.3) is 6.08 Å². The Balaban J connectivity index is 1.88. The predicted molar refractivity (Wildman–Crippen MR) is 138 cm³/mol. The largest absolute Gasteiger partial charge is 0.493 e. The summed E-state index contributed by atoms with van der Waals surface area (Å²) in [7, 11) is 2.68. The number of hydrogen-bond donors (Lipinski definition) is 0. The van der Waals surface area contributed by atoms with Crippen molar-refractivity contribution in [3.63, 3.8) is 0 Å². The van der Waals surface area contributed by atoms with Gasteiger partial charge in [-0.3, -0.25) is 19.0 Å². The van der Waals surface area contributed by atoms with Gasteiger partial charge in [0.1, 0.15) is 5.75 Å². The van der Waals surface area contributed by atoms with Crippen LogP contribution in [0.2, 0.25) is 0 Å². The number of methoxy groups -OCH3 is 2. The Kier molecular flexibility index (Phi) is 7.58. The van der Waals surface area contributed by atoms with E-state index in [1.54, 1.807) is 55.5 Å². The maximum Gasteiger partial charge on any atom is 0.338 e. The molecule has 0 spiro atoms. The highest BCUT2D eigenvalue weighted by Crippen LogP contribution is 2.36. The molecule has 0 amide bonds. The van der Waals surface area contributed by atoms with Crippen LogP contribution in [0.15, 0.2) is 63.5 Å². The fourth-order valence-corrected chi connectivity index (χ4v) is 5.10. The molecule has 1 atom stereocenters. The molecule has 10 nitrogen and oxygen atoms in total. The number of esters is 3. The van der Waals surface area contributed by atoms with E-state index in [2.05, 4.69) is 4.99 Å². The SMILES string of the molecule is COC(=O)C1=C(C)N=c2s/c(=C/c3ccc(OC(C)=O)cc3)c(=O)n2C1c1ccc(OC(C)=O)c(OC)c1. The summed E-state index contributed by atoms with van der Waals surface area (Å²) in [5.41, 5.74) is 1.48. The first kappa shape index (κ1) is 26.6. The van der Waals surface area contributed by atoms with Crippen LogP contribution in [-0.4, -0.2) is 36.7 Å². The third-order valence-electron chi connectivity index (χ3n) is 5.62. The fourth-order valence-electron chi connectivity index (χ4n) is 4.05. The smallest absolute Gasteiger partial charge is 0.338 e. The molecule has 1 aliphatic rings. The highest BCUT2D eigenvalue weighted by atomic mass is 32.1. The molecule has 196 valence electrons. The Bertz CT molecular complexity index is 1650. The molecule has 0 saturated heterocycles. The maximum atomic E-state index is 13.7. The standard InChI is InChI=1S/C27H24N2O8S/c1-14-23(26(33)35-5)24(18-8-11-20(37-16(3)31)21(13-18)34-4)29-25(32)22(38-27(29)28-14)12-17-6-9-19(10-7-17)36-15(2)30/h6-13,24H,1-5H3/b22-12+. The number of benzene rings is 2. The van der Waals surface area contributed by atoms with Gasteiger partial charge in [0.05, 0.1) is 36.1 Å². The van der Waals surface area contributed by atoms with Crippen LogP contribution in [0.5, 0.6) is 17.2 Å². The zero-order valence-electron chi connectivity index (χ0n) is 21.3. The highest BCUT2D eigenvalue weighted by molar-refractivity contribution is 7.07. The van der Waals surface area contributed by atoms with Crippen molar-refractivity contribution in [2.45, 2.75) is 26.8 Å². The molecule has 1 unspecified atom stereocenters. The van der Waals surface area contributed by atoms with Crippen molar-refractivity contribution in [1.29, 1.82) is 0 Å². The molecule has 1 aromatic heterocycles. The first-order valence-corrected chi connectivity index (χ1v) is 12.2.